The van der Waals surface area contributed by atoms with Gasteiger partial charge in [0.15, 0.2) is 0 Å². The van der Waals surface area contributed by atoms with Crippen LogP contribution in [0.3, 0.4) is 0 Å². The van der Waals surface area contributed by atoms with E-state index in [0.29, 0.717) is 12.1 Å². The minimum atomic E-state index is -4.47. The van der Waals surface area contributed by atoms with Crippen molar-refractivity contribution >= 4 is 5.69 Å². The Morgan fingerprint density at radius 3 is 2.31 bits per heavy atom. The van der Waals surface area contributed by atoms with Gasteiger partial charge < -0.3 is 9.88 Å². The second-order valence-corrected chi connectivity index (χ2v) is 8.98. The highest BCUT2D eigenvalue weighted by Crippen LogP contribution is 2.45. The number of hydrogen-bond acceptors (Lipinski definition) is 1. The molecule has 1 aromatic heterocycles. The number of halogens is 4. The van der Waals surface area contributed by atoms with Gasteiger partial charge in [-0.25, -0.2) is 4.39 Å². The molecule has 0 radical (unpaired) electrons. The highest BCUT2D eigenvalue weighted by atomic mass is 19.4. The van der Waals surface area contributed by atoms with Crippen molar-refractivity contribution in [1.29, 1.82) is 0 Å². The first-order valence-electron chi connectivity index (χ1n) is 11.9. The third-order valence-corrected chi connectivity index (χ3v) is 6.48. The van der Waals surface area contributed by atoms with Gasteiger partial charge in [0.05, 0.1) is 12.1 Å². The second kappa shape index (κ2) is 9.61. The zero-order valence-corrected chi connectivity index (χ0v) is 19.2. The maximum absolute atomic E-state index is 14.0. The minimum absolute atomic E-state index is 0.101. The van der Waals surface area contributed by atoms with E-state index >= 15 is 0 Å². The molecule has 35 heavy (non-hydrogen) atoms. The van der Waals surface area contributed by atoms with E-state index in [-0.39, 0.29) is 11.5 Å². The van der Waals surface area contributed by atoms with Crippen LogP contribution < -0.4 is 5.32 Å². The number of fused-ring (bicyclic) bond motifs is 1. The van der Waals surface area contributed by atoms with E-state index in [2.05, 4.69) is 17.4 Å². The van der Waals surface area contributed by atoms with Crippen LogP contribution in [0.2, 0.25) is 0 Å². The standard InChI is InChI=1S/C29H26F4N2/c30-23-13-10-21(11-14-23)28-24(18-35-19-27(28)35)22-12-15-26(25(17-22)29(31,32)33)34-16-6-2-5-9-20-7-3-1-4-8-20/h1,3-4,7-8,10-15,17-18,34H,2,5-6,9,16,19H2. The third-order valence-electron chi connectivity index (χ3n) is 6.48. The lowest BCUT2D eigenvalue weighted by atomic mass is 9.95. The molecule has 4 aromatic rings. The number of benzene rings is 3. The van der Waals surface area contributed by atoms with Gasteiger partial charge in [0.2, 0.25) is 0 Å². The Morgan fingerprint density at radius 2 is 1.57 bits per heavy atom. The average molecular weight is 479 g/mol. The summed E-state index contributed by atoms with van der Waals surface area (Å²) in [5.41, 5.74) is 4.68. The van der Waals surface area contributed by atoms with E-state index in [4.69, 9.17) is 0 Å². The van der Waals surface area contributed by atoms with Gasteiger partial charge in [0.25, 0.3) is 0 Å². The minimum Gasteiger partial charge on any atom is -0.385 e. The molecule has 1 aliphatic rings. The second-order valence-electron chi connectivity index (χ2n) is 8.98. The smallest absolute Gasteiger partial charge is 0.385 e. The Labute approximate surface area is 202 Å². The SMILES string of the molecule is Fc1ccc(-c2c(-c3ccc(NCCCCCc4ccccc4)c(C(F)(F)F)c3)cn3c2C3)cc1. The first-order chi connectivity index (χ1) is 16.9. The summed E-state index contributed by atoms with van der Waals surface area (Å²) in [6.45, 7) is 1.24. The molecule has 6 heteroatoms. The molecule has 3 aromatic carbocycles. The Hall–Kier alpha value is -3.54. The Bertz CT molecular complexity index is 1310. The largest absolute Gasteiger partial charge is 0.418 e. The molecule has 180 valence electrons. The van der Waals surface area contributed by atoms with Gasteiger partial charge >= 0.3 is 6.18 Å². The maximum Gasteiger partial charge on any atom is 0.418 e. The number of nitrogens with one attached hydrogen (secondary N) is 1. The summed E-state index contributed by atoms with van der Waals surface area (Å²) in [4.78, 5) is 0. The molecule has 2 heterocycles. The van der Waals surface area contributed by atoms with Crippen LogP contribution in [0.1, 0.15) is 36.1 Å². The molecule has 1 N–H and O–H groups in total. The van der Waals surface area contributed by atoms with Crippen LogP contribution in [-0.2, 0) is 19.1 Å². The van der Waals surface area contributed by atoms with Crippen LogP contribution in [0.15, 0.2) is 79.0 Å². The molecule has 0 spiro atoms. The zero-order chi connectivity index (χ0) is 24.4. The fourth-order valence-electron chi connectivity index (χ4n) is 4.60. The van der Waals surface area contributed by atoms with E-state index in [1.54, 1.807) is 18.2 Å². The summed E-state index contributed by atoms with van der Waals surface area (Å²) in [6, 6.07) is 20.8. The lowest BCUT2D eigenvalue weighted by Gasteiger charge is -2.17. The number of hydrogen-bond donors (Lipinski definition) is 1. The van der Waals surface area contributed by atoms with Crippen LogP contribution in [0.25, 0.3) is 22.3 Å². The maximum atomic E-state index is 14.0. The molecule has 0 saturated carbocycles. The van der Waals surface area contributed by atoms with Crippen molar-refractivity contribution in [3.8, 4) is 22.3 Å². The van der Waals surface area contributed by atoms with Crippen LogP contribution in [0, 0.1) is 5.82 Å². The lowest BCUT2D eigenvalue weighted by molar-refractivity contribution is -0.136. The van der Waals surface area contributed by atoms with Crippen molar-refractivity contribution in [1.82, 2.24) is 4.57 Å². The topological polar surface area (TPSA) is 17.0 Å². The number of nitrogens with zero attached hydrogens (tertiary/aromatic N) is 1. The number of aromatic nitrogens is 1. The number of unbranched alkanes of at least 4 members (excludes halogenated alkanes) is 2. The van der Waals surface area contributed by atoms with Gasteiger partial charge in [-0.3, -0.25) is 0 Å². The van der Waals surface area contributed by atoms with Gasteiger partial charge in [0.1, 0.15) is 5.82 Å². The highest BCUT2D eigenvalue weighted by molar-refractivity contribution is 5.88. The first-order valence-corrected chi connectivity index (χ1v) is 11.9. The summed E-state index contributed by atoms with van der Waals surface area (Å²) in [7, 11) is 0. The highest BCUT2D eigenvalue weighted by Gasteiger charge is 2.35. The fourth-order valence-corrected chi connectivity index (χ4v) is 4.60. The van der Waals surface area contributed by atoms with Gasteiger partial charge in [-0.2, -0.15) is 13.2 Å². The molecule has 0 fully saturated rings. The van der Waals surface area contributed by atoms with Gasteiger partial charge in [-0.05, 0) is 60.2 Å². The molecular formula is C29H26F4N2. The predicted octanol–water partition coefficient (Wildman–Crippen LogP) is 8.17. The fraction of sp³-hybridized carbons (Fsp3) is 0.241. The summed E-state index contributed by atoms with van der Waals surface area (Å²) in [5, 5.41) is 3.00. The molecule has 5 rings (SSSR count). The van der Waals surface area contributed by atoms with Gasteiger partial charge in [-0.15, -0.1) is 0 Å². The van der Waals surface area contributed by atoms with E-state index in [0.717, 1.165) is 54.6 Å². The molecule has 0 bridgehead atoms. The summed E-state index contributed by atoms with van der Waals surface area (Å²) in [5.74, 6) is -0.342. The molecule has 0 saturated heterocycles. The van der Waals surface area contributed by atoms with Crippen molar-refractivity contribution in [2.45, 2.75) is 38.4 Å². The summed E-state index contributed by atoms with van der Waals surface area (Å²) in [6.07, 6.45) is 1.12. The van der Waals surface area contributed by atoms with Crippen LogP contribution in [0.4, 0.5) is 23.2 Å². The van der Waals surface area contributed by atoms with Crippen LogP contribution in [0.5, 0.6) is 0 Å². The van der Waals surface area contributed by atoms with Crippen molar-refractivity contribution in [3.05, 3.63) is 102 Å². The summed E-state index contributed by atoms with van der Waals surface area (Å²) < 4.78 is 57.3. The Balaban J connectivity index is 1.29. The number of alkyl halides is 3. The number of anilines is 1. The first kappa shape index (κ1) is 23.2. The van der Waals surface area contributed by atoms with Crippen molar-refractivity contribution in [3.63, 3.8) is 0 Å². The average Bonchev–Trinajstić information content (AvgIpc) is 3.52. The number of rotatable bonds is 9. The van der Waals surface area contributed by atoms with Crippen LogP contribution in [-0.4, -0.2) is 11.1 Å². The molecular weight excluding hydrogens is 452 g/mol. The molecule has 0 atom stereocenters. The predicted molar refractivity (Wildman–Crippen MR) is 132 cm³/mol. The number of aryl methyl sites for hydroxylation is 1. The zero-order valence-electron chi connectivity index (χ0n) is 19.2. The Kier molecular flexibility index (Phi) is 6.37. The lowest BCUT2D eigenvalue weighted by Crippen LogP contribution is -2.12. The summed E-state index contributed by atoms with van der Waals surface area (Å²) >= 11 is 0. The van der Waals surface area contributed by atoms with E-state index in [9.17, 15) is 17.6 Å². The van der Waals surface area contributed by atoms with E-state index < -0.39 is 11.7 Å². The van der Waals surface area contributed by atoms with Gasteiger partial charge in [-0.1, -0.05) is 55.0 Å². The van der Waals surface area contributed by atoms with Crippen molar-refractivity contribution < 1.29 is 17.6 Å². The Morgan fingerprint density at radius 1 is 0.829 bits per heavy atom. The monoisotopic (exact) mass is 478 g/mol. The van der Waals surface area contributed by atoms with E-state index in [1.165, 1.54) is 29.8 Å². The molecule has 0 aliphatic carbocycles. The third kappa shape index (κ3) is 5.26. The van der Waals surface area contributed by atoms with Crippen molar-refractivity contribution in [2.75, 3.05) is 11.9 Å². The quantitative estimate of drug-likeness (QED) is 0.167. The molecule has 2 nitrogen and oxygen atoms in total. The normalized spacial score (nSPS) is 12.5. The van der Waals surface area contributed by atoms with Gasteiger partial charge in [0, 0.05) is 35.2 Å². The molecule has 0 amide bonds. The van der Waals surface area contributed by atoms with E-state index in [1.807, 2.05) is 29.0 Å². The molecule has 1 aliphatic heterocycles. The van der Waals surface area contributed by atoms with Crippen molar-refractivity contribution in [2.24, 2.45) is 0 Å². The molecule has 0 unspecified atom stereocenters. The van der Waals surface area contributed by atoms with Crippen LogP contribution >= 0.6 is 0 Å².